The van der Waals surface area contributed by atoms with Crippen molar-refractivity contribution in [2.24, 2.45) is 0 Å². The molecule has 0 spiro atoms. The predicted molar refractivity (Wildman–Crippen MR) is 81.7 cm³/mol. The van der Waals surface area contributed by atoms with E-state index in [4.69, 9.17) is 23.2 Å². The highest BCUT2D eigenvalue weighted by molar-refractivity contribution is 6.23. The first-order valence-corrected chi connectivity index (χ1v) is 7.17. The lowest BCUT2D eigenvalue weighted by atomic mass is 10.1. The van der Waals surface area contributed by atoms with Crippen molar-refractivity contribution in [3.8, 4) is 0 Å². The molecule has 1 radical (unpaired) electrons. The zero-order valence-corrected chi connectivity index (χ0v) is 12.1. The lowest BCUT2D eigenvalue weighted by molar-refractivity contribution is 0.582. The summed E-state index contributed by atoms with van der Waals surface area (Å²) in [6.07, 6.45) is 1.42. The monoisotopic (exact) mass is 292 g/mol. The standard InChI is InChI=1S/C16H16Cl2N/c17-15(11-13-7-3-1-4-8-13)19-16(18)12-14-9-5-2-6-10-14/h1-10,15-16H,11-12H2. The third-order valence-electron chi connectivity index (χ3n) is 2.82. The molecule has 0 fully saturated rings. The predicted octanol–water partition coefficient (Wildman–Crippen LogP) is 4.21. The quantitative estimate of drug-likeness (QED) is 0.559. The molecule has 0 aliphatic rings. The van der Waals surface area contributed by atoms with E-state index in [1.165, 1.54) is 11.1 Å². The van der Waals surface area contributed by atoms with Crippen molar-refractivity contribution < 1.29 is 0 Å². The SMILES string of the molecule is ClC(Cc1ccccc1)[N]C(Cl)Cc1ccccc1. The first-order chi connectivity index (χ1) is 9.24. The summed E-state index contributed by atoms with van der Waals surface area (Å²) in [5.41, 5.74) is 1.78. The zero-order chi connectivity index (χ0) is 13.5. The molecule has 0 saturated heterocycles. The maximum absolute atomic E-state index is 6.23. The summed E-state index contributed by atoms with van der Waals surface area (Å²) in [4.78, 5) is 0. The summed E-state index contributed by atoms with van der Waals surface area (Å²) in [7, 11) is 0. The van der Waals surface area contributed by atoms with E-state index >= 15 is 0 Å². The first kappa shape index (κ1) is 14.4. The Labute approximate surface area is 124 Å². The van der Waals surface area contributed by atoms with E-state index in [1.807, 2.05) is 60.7 Å². The smallest absolute Gasteiger partial charge is 0.104 e. The number of rotatable bonds is 6. The van der Waals surface area contributed by atoms with E-state index in [0.717, 1.165) is 0 Å². The topological polar surface area (TPSA) is 14.1 Å². The van der Waals surface area contributed by atoms with Crippen LogP contribution in [0.25, 0.3) is 0 Å². The first-order valence-electron chi connectivity index (χ1n) is 6.30. The molecule has 0 bridgehead atoms. The normalized spacial score (nSPS) is 14.0. The Morgan fingerprint density at radius 2 is 1.05 bits per heavy atom. The van der Waals surface area contributed by atoms with Gasteiger partial charge < -0.3 is 0 Å². The molecule has 0 N–H and O–H groups in total. The van der Waals surface area contributed by atoms with Gasteiger partial charge in [0.15, 0.2) is 0 Å². The van der Waals surface area contributed by atoms with Gasteiger partial charge in [-0.15, -0.1) is 23.2 Å². The second-order valence-corrected chi connectivity index (χ2v) is 5.41. The van der Waals surface area contributed by atoms with Crippen molar-refractivity contribution in [3.63, 3.8) is 0 Å². The summed E-state index contributed by atoms with van der Waals surface area (Å²) < 4.78 is 0. The van der Waals surface area contributed by atoms with E-state index in [2.05, 4.69) is 5.32 Å². The van der Waals surface area contributed by atoms with Crippen LogP contribution >= 0.6 is 23.2 Å². The van der Waals surface area contributed by atoms with Gasteiger partial charge in [-0.05, 0) is 11.1 Å². The highest BCUT2D eigenvalue weighted by Gasteiger charge is 2.13. The number of hydrogen-bond acceptors (Lipinski definition) is 0. The molecule has 3 heteroatoms. The fourth-order valence-electron chi connectivity index (χ4n) is 1.90. The van der Waals surface area contributed by atoms with Gasteiger partial charge in [-0.25, -0.2) is 5.32 Å². The molecular formula is C16H16Cl2N. The molecular weight excluding hydrogens is 277 g/mol. The van der Waals surface area contributed by atoms with Crippen LogP contribution in [0.15, 0.2) is 60.7 Å². The second-order valence-electron chi connectivity index (χ2n) is 4.40. The van der Waals surface area contributed by atoms with Crippen LogP contribution in [0.3, 0.4) is 0 Å². The fourth-order valence-corrected chi connectivity index (χ4v) is 2.58. The summed E-state index contributed by atoms with van der Waals surface area (Å²) in [5.74, 6) is 0. The van der Waals surface area contributed by atoms with Crippen LogP contribution in [0, 0.1) is 0 Å². The van der Waals surface area contributed by atoms with Crippen LogP contribution in [0.4, 0.5) is 0 Å². The summed E-state index contributed by atoms with van der Waals surface area (Å²) in [6, 6.07) is 20.2. The van der Waals surface area contributed by atoms with Crippen LogP contribution < -0.4 is 5.32 Å². The van der Waals surface area contributed by atoms with Crippen molar-refractivity contribution in [1.82, 2.24) is 5.32 Å². The van der Waals surface area contributed by atoms with E-state index in [-0.39, 0.29) is 11.0 Å². The Kier molecular flexibility index (Phi) is 5.71. The molecule has 0 aliphatic heterocycles. The Balaban J connectivity index is 1.80. The van der Waals surface area contributed by atoms with Crippen LogP contribution in [-0.2, 0) is 12.8 Å². The van der Waals surface area contributed by atoms with Gasteiger partial charge in [0.05, 0.1) is 0 Å². The molecule has 1 nitrogen and oxygen atoms in total. The van der Waals surface area contributed by atoms with E-state index < -0.39 is 0 Å². The Hall–Kier alpha value is -1.02. The third-order valence-corrected chi connectivity index (χ3v) is 3.35. The lowest BCUT2D eigenvalue weighted by Crippen LogP contribution is -2.27. The van der Waals surface area contributed by atoms with Gasteiger partial charge in [0.2, 0.25) is 0 Å². The lowest BCUT2D eigenvalue weighted by Gasteiger charge is -2.14. The van der Waals surface area contributed by atoms with Gasteiger partial charge in [-0.1, -0.05) is 60.7 Å². The van der Waals surface area contributed by atoms with Crippen molar-refractivity contribution in [2.75, 3.05) is 0 Å². The van der Waals surface area contributed by atoms with E-state index in [9.17, 15) is 0 Å². The Morgan fingerprint density at radius 3 is 1.42 bits per heavy atom. The average molecular weight is 293 g/mol. The van der Waals surface area contributed by atoms with Crippen molar-refractivity contribution in [1.29, 1.82) is 0 Å². The molecule has 2 rings (SSSR count). The number of alkyl halides is 2. The van der Waals surface area contributed by atoms with Crippen molar-refractivity contribution in [3.05, 3.63) is 71.8 Å². The van der Waals surface area contributed by atoms with Crippen molar-refractivity contribution >= 4 is 23.2 Å². The zero-order valence-electron chi connectivity index (χ0n) is 10.5. The van der Waals surface area contributed by atoms with Crippen LogP contribution in [0.5, 0.6) is 0 Å². The minimum Gasteiger partial charge on any atom is -0.202 e. The number of hydrogen-bond donors (Lipinski definition) is 0. The van der Waals surface area contributed by atoms with Gasteiger partial charge in [0.25, 0.3) is 0 Å². The molecule has 2 atom stereocenters. The molecule has 19 heavy (non-hydrogen) atoms. The molecule has 0 aliphatic carbocycles. The Bertz CT molecular complexity index is 427. The minimum absolute atomic E-state index is 0.284. The van der Waals surface area contributed by atoms with Crippen molar-refractivity contribution in [2.45, 2.75) is 23.8 Å². The largest absolute Gasteiger partial charge is 0.202 e. The molecule has 2 unspecified atom stereocenters. The number of benzene rings is 2. The van der Waals surface area contributed by atoms with Gasteiger partial charge in [0, 0.05) is 12.8 Å². The third kappa shape index (κ3) is 5.23. The molecule has 0 aromatic heterocycles. The van der Waals surface area contributed by atoms with Gasteiger partial charge in [0.1, 0.15) is 11.0 Å². The van der Waals surface area contributed by atoms with E-state index in [1.54, 1.807) is 0 Å². The van der Waals surface area contributed by atoms with Crippen LogP contribution in [0.1, 0.15) is 11.1 Å². The highest BCUT2D eigenvalue weighted by atomic mass is 35.5. The molecule has 2 aromatic carbocycles. The van der Waals surface area contributed by atoms with Crippen LogP contribution in [0.2, 0.25) is 0 Å². The molecule has 2 aromatic rings. The second kappa shape index (κ2) is 7.54. The molecule has 0 amide bonds. The minimum atomic E-state index is -0.284. The van der Waals surface area contributed by atoms with Gasteiger partial charge in [-0.3, -0.25) is 0 Å². The van der Waals surface area contributed by atoms with Gasteiger partial charge in [-0.2, -0.15) is 0 Å². The summed E-state index contributed by atoms with van der Waals surface area (Å²) in [6.45, 7) is 0. The average Bonchev–Trinajstić information content (AvgIpc) is 2.40. The number of nitrogens with zero attached hydrogens (tertiary/aromatic N) is 1. The summed E-state index contributed by atoms with van der Waals surface area (Å²) >= 11 is 12.5. The van der Waals surface area contributed by atoms with Crippen LogP contribution in [-0.4, -0.2) is 11.0 Å². The maximum Gasteiger partial charge on any atom is 0.104 e. The van der Waals surface area contributed by atoms with E-state index in [0.29, 0.717) is 12.8 Å². The molecule has 0 heterocycles. The molecule has 99 valence electrons. The van der Waals surface area contributed by atoms with Gasteiger partial charge >= 0.3 is 0 Å². The summed E-state index contributed by atoms with van der Waals surface area (Å²) in [5, 5.41) is 4.40. The highest BCUT2D eigenvalue weighted by Crippen LogP contribution is 2.12. The number of halogens is 2. The fraction of sp³-hybridized carbons (Fsp3) is 0.250. The maximum atomic E-state index is 6.23. The molecule has 0 saturated carbocycles. The Morgan fingerprint density at radius 1 is 0.684 bits per heavy atom.